The second kappa shape index (κ2) is 21.6. The number of carbonyl (C=O) groups is 4. The summed E-state index contributed by atoms with van der Waals surface area (Å²) in [6, 6.07) is 14.6. The zero-order chi connectivity index (χ0) is 40.7. The Hall–Kier alpha value is -4.87. The van der Waals surface area contributed by atoms with Crippen LogP contribution in [0.15, 0.2) is 57.7 Å². The van der Waals surface area contributed by atoms with E-state index in [2.05, 4.69) is 16.3 Å². The molecule has 2 aromatic carbocycles. The molecule has 310 valence electrons. The van der Waals surface area contributed by atoms with Gasteiger partial charge in [-0.2, -0.15) is 0 Å². The Bertz CT molecular complexity index is 1840. The molecule has 16 nitrogen and oxygen atoms in total. The number of nitrogens with one attached hydrogen (secondary N) is 1. The number of carboxylic acids is 3. The van der Waals surface area contributed by atoms with Crippen LogP contribution in [0.3, 0.4) is 0 Å². The highest BCUT2D eigenvalue weighted by atomic mass is 16.4. The molecule has 0 spiro atoms. The predicted octanol–water partition coefficient (Wildman–Crippen LogP) is 1.78. The van der Waals surface area contributed by atoms with Crippen molar-refractivity contribution in [3.05, 3.63) is 75.6 Å². The lowest BCUT2D eigenvalue weighted by atomic mass is 9.94. The van der Waals surface area contributed by atoms with Crippen molar-refractivity contribution in [1.29, 1.82) is 0 Å². The molecule has 1 atom stereocenters. The molecular weight excluding hydrogens is 736 g/mol. The maximum Gasteiger partial charge on any atom is 0.336 e. The number of carbonyl (C=O) groups excluding carboxylic acids is 1. The predicted molar refractivity (Wildman–Crippen MR) is 214 cm³/mol. The highest BCUT2D eigenvalue weighted by molar-refractivity contribution is 5.86. The number of nitrogens with zero attached hydrogens (tertiary/aromatic N) is 5. The molecule has 1 aromatic heterocycles. The van der Waals surface area contributed by atoms with Gasteiger partial charge in [0.15, 0.2) is 0 Å². The van der Waals surface area contributed by atoms with Crippen LogP contribution in [0, 0.1) is 0 Å². The van der Waals surface area contributed by atoms with E-state index in [0.717, 1.165) is 68.3 Å². The van der Waals surface area contributed by atoms with Crippen LogP contribution < -0.4 is 15.8 Å². The molecule has 1 saturated heterocycles. The molecule has 0 bridgehead atoms. The lowest BCUT2D eigenvalue weighted by Gasteiger charge is -2.32. The van der Waals surface area contributed by atoms with Crippen molar-refractivity contribution < 1.29 is 44.0 Å². The third kappa shape index (κ3) is 13.6. The van der Waals surface area contributed by atoms with Crippen molar-refractivity contribution in [3.8, 4) is 0 Å². The van der Waals surface area contributed by atoms with Crippen LogP contribution in [-0.2, 0) is 25.6 Å². The van der Waals surface area contributed by atoms with Gasteiger partial charge in [-0.3, -0.25) is 38.8 Å². The van der Waals surface area contributed by atoms with Crippen molar-refractivity contribution in [2.75, 3.05) is 103 Å². The molecule has 5 rings (SSSR count). The molecule has 0 aliphatic carbocycles. The summed E-state index contributed by atoms with van der Waals surface area (Å²) in [5.41, 5.74) is 3.42. The summed E-state index contributed by atoms with van der Waals surface area (Å²) in [5.74, 6) is -3.17. The van der Waals surface area contributed by atoms with E-state index in [9.17, 15) is 44.4 Å². The smallest absolute Gasteiger partial charge is 0.336 e. The molecule has 16 heteroatoms. The summed E-state index contributed by atoms with van der Waals surface area (Å²) in [4.78, 5) is 69.5. The third-order valence-corrected chi connectivity index (χ3v) is 10.7. The van der Waals surface area contributed by atoms with Gasteiger partial charge in [0, 0.05) is 101 Å². The standard InChI is InChI=1S/C41H56N6O10/c48-36(26-43-15-17-44(27-37(49)50)19-21-46(29-39(53)54)22-20-45(18-16-43)28-38(51)52)42-12-6-1-2-7-13-47-14-8-11-31-23-32-33(41(56)30-9-4-3-5-10-30)24-40(55)57-35(32)25-34(31)47/h3-5,9-10,23-25,41,56H,1-2,6-8,11-22,26-29H2,(H,42,48)(H,49,50)(H,51,52)(H,53,54). The van der Waals surface area contributed by atoms with E-state index >= 15 is 0 Å². The van der Waals surface area contributed by atoms with E-state index < -0.39 is 29.6 Å². The van der Waals surface area contributed by atoms with E-state index in [1.54, 1.807) is 14.7 Å². The lowest BCUT2D eigenvalue weighted by molar-refractivity contribution is -0.140. The van der Waals surface area contributed by atoms with Crippen molar-refractivity contribution in [3.63, 3.8) is 0 Å². The zero-order valence-corrected chi connectivity index (χ0v) is 32.5. The van der Waals surface area contributed by atoms with Gasteiger partial charge < -0.3 is 35.1 Å². The summed E-state index contributed by atoms with van der Waals surface area (Å²) in [7, 11) is 0. The molecule has 2 aliphatic heterocycles. The Morgan fingerprint density at radius 3 is 1.79 bits per heavy atom. The van der Waals surface area contributed by atoms with E-state index in [1.165, 1.54) is 6.07 Å². The first-order valence-electron chi connectivity index (χ1n) is 19.9. The van der Waals surface area contributed by atoms with Crippen LogP contribution in [0.2, 0.25) is 0 Å². The molecule has 5 N–H and O–H groups in total. The van der Waals surface area contributed by atoms with Crippen molar-refractivity contribution in [1.82, 2.24) is 24.9 Å². The zero-order valence-electron chi connectivity index (χ0n) is 32.5. The minimum absolute atomic E-state index is 0.0862. The fraction of sp³-hybridized carbons (Fsp3) is 0.537. The van der Waals surface area contributed by atoms with Gasteiger partial charge in [-0.1, -0.05) is 43.2 Å². The lowest BCUT2D eigenvalue weighted by Crippen LogP contribution is -2.49. The SMILES string of the molecule is O=C(O)CN1CCN(CC(=O)O)CCN(CC(=O)NCCCCCCN2CCCc3cc4c(C(O)c5ccccc5)cc(=O)oc4cc32)CCN(CC(=O)O)CC1. The number of aryl methyl sites for hydroxylation is 1. The molecule has 1 amide bonds. The van der Waals surface area contributed by atoms with Crippen molar-refractivity contribution in [2.45, 2.75) is 44.6 Å². The molecule has 0 radical (unpaired) electrons. The van der Waals surface area contributed by atoms with E-state index in [0.29, 0.717) is 75.6 Å². The molecule has 1 unspecified atom stereocenters. The van der Waals surface area contributed by atoms with Gasteiger partial charge in [0.2, 0.25) is 5.91 Å². The Balaban J connectivity index is 1.09. The molecule has 0 saturated carbocycles. The largest absolute Gasteiger partial charge is 0.480 e. The van der Waals surface area contributed by atoms with E-state index in [4.69, 9.17) is 4.42 Å². The number of hydrogen-bond acceptors (Lipinski definition) is 12. The molecule has 3 heterocycles. The number of aliphatic hydroxyl groups excluding tert-OH is 1. The average Bonchev–Trinajstić information content (AvgIpc) is 3.17. The fourth-order valence-corrected chi connectivity index (χ4v) is 7.67. The Morgan fingerprint density at radius 2 is 1.23 bits per heavy atom. The minimum atomic E-state index is -1.01. The quantitative estimate of drug-likeness (QED) is 0.0976. The summed E-state index contributed by atoms with van der Waals surface area (Å²) in [6.45, 7) is 4.40. The highest BCUT2D eigenvalue weighted by Crippen LogP contribution is 2.35. The summed E-state index contributed by atoms with van der Waals surface area (Å²) in [5, 5.41) is 43.2. The van der Waals surface area contributed by atoms with Gasteiger partial charge in [0.05, 0.1) is 26.2 Å². The van der Waals surface area contributed by atoms with E-state index in [1.807, 2.05) is 41.3 Å². The number of anilines is 1. The number of unbranched alkanes of at least 4 members (excludes halogenated alkanes) is 3. The maximum atomic E-state index is 13.0. The Labute approximate surface area is 332 Å². The number of aliphatic hydroxyl groups is 1. The fourth-order valence-electron chi connectivity index (χ4n) is 7.67. The number of rotatable bonds is 17. The molecule has 57 heavy (non-hydrogen) atoms. The molecule has 3 aromatic rings. The van der Waals surface area contributed by atoms with Gasteiger partial charge in [0.1, 0.15) is 11.7 Å². The molecular formula is C41H56N6O10. The van der Waals surface area contributed by atoms with Crippen LogP contribution in [0.4, 0.5) is 5.69 Å². The average molecular weight is 793 g/mol. The van der Waals surface area contributed by atoms with Crippen LogP contribution >= 0.6 is 0 Å². The van der Waals surface area contributed by atoms with Crippen LogP contribution in [0.1, 0.15) is 54.9 Å². The molecule has 2 aliphatic rings. The second-order valence-corrected chi connectivity index (χ2v) is 15.0. The third-order valence-electron chi connectivity index (χ3n) is 10.7. The first-order chi connectivity index (χ1) is 27.4. The Morgan fingerprint density at radius 1 is 0.684 bits per heavy atom. The van der Waals surface area contributed by atoms with Gasteiger partial charge >= 0.3 is 23.5 Å². The summed E-state index contributed by atoms with van der Waals surface area (Å²) in [6.07, 6.45) is 4.58. The van der Waals surface area contributed by atoms with Crippen LogP contribution in [0.25, 0.3) is 11.0 Å². The van der Waals surface area contributed by atoms with Crippen LogP contribution in [0.5, 0.6) is 0 Å². The van der Waals surface area contributed by atoms with Gasteiger partial charge in [-0.15, -0.1) is 0 Å². The number of benzene rings is 2. The number of aliphatic carboxylic acids is 3. The maximum absolute atomic E-state index is 13.0. The normalized spacial score (nSPS) is 17.3. The number of carboxylic acid groups (broad SMARTS) is 3. The first kappa shape index (κ1) is 43.3. The van der Waals surface area contributed by atoms with E-state index in [-0.39, 0.29) is 32.1 Å². The van der Waals surface area contributed by atoms with Crippen molar-refractivity contribution in [2.24, 2.45) is 0 Å². The number of fused-ring (bicyclic) bond motifs is 2. The summed E-state index contributed by atoms with van der Waals surface area (Å²) >= 11 is 0. The molecule has 1 fully saturated rings. The minimum Gasteiger partial charge on any atom is -0.480 e. The van der Waals surface area contributed by atoms with Crippen LogP contribution in [-0.4, -0.2) is 162 Å². The van der Waals surface area contributed by atoms with Crippen molar-refractivity contribution >= 4 is 40.5 Å². The second-order valence-electron chi connectivity index (χ2n) is 15.0. The van der Waals surface area contributed by atoms with Gasteiger partial charge in [0.25, 0.3) is 0 Å². The number of amides is 1. The van der Waals surface area contributed by atoms with Gasteiger partial charge in [-0.05, 0) is 42.9 Å². The number of hydrogen-bond donors (Lipinski definition) is 5. The monoisotopic (exact) mass is 792 g/mol. The first-order valence-corrected chi connectivity index (χ1v) is 19.9. The highest BCUT2D eigenvalue weighted by Gasteiger charge is 2.23. The van der Waals surface area contributed by atoms with Gasteiger partial charge in [-0.25, -0.2) is 4.79 Å². The topological polar surface area (TPSA) is 208 Å². The Kier molecular flexibility index (Phi) is 16.4. The summed E-state index contributed by atoms with van der Waals surface area (Å²) < 4.78 is 5.63.